The van der Waals surface area contributed by atoms with Crippen LogP contribution >= 0.6 is 11.6 Å². The number of hydrogen-bond acceptors (Lipinski definition) is 2. The van der Waals surface area contributed by atoms with Gasteiger partial charge in [0.05, 0.1) is 5.02 Å². The second-order valence-electron chi connectivity index (χ2n) is 5.66. The zero-order valence-electron chi connectivity index (χ0n) is 12.8. The third-order valence-electron chi connectivity index (χ3n) is 3.08. The van der Waals surface area contributed by atoms with Gasteiger partial charge >= 0.3 is 0 Å². The van der Waals surface area contributed by atoms with Gasteiger partial charge in [0.15, 0.2) is 6.61 Å². The van der Waals surface area contributed by atoms with Crippen molar-refractivity contribution in [1.82, 2.24) is 5.32 Å². The van der Waals surface area contributed by atoms with Crippen LogP contribution in [0.1, 0.15) is 40.0 Å². The molecule has 0 aliphatic heterocycles. The summed E-state index contributed by atoms with van der Waals surface area (Å²) in [7, 11) is 0. The maximum atomic E-state index is 12.9. The number of ether oxygens (including phenoxy) is 1. The minimum Gasteiger partial charge on any atom is -0.482 e. The molecule has 0 heterocycles. The molecule has 5 heteroatoms. The topological polar surface area (TPSA) is 38.3 Å². The van der Waals surface area contributed by atoms with E-state index in [2.05, 4.69) is 19.2 Å². The Kier molecular flexibility index (Phi) is 7.51. The summed E-state index contributed by atoms with van der Waals surface area (Å²) in [5.41, 5.74) is 0. The molecular weight excluding hydrogens is 293 g/mol. The molecule has 0 aliphatic rings. The normalized spacial score (nSPS) is 12.3. The van der Waals surface area contributed by atoms with Gasteiger partial charge < -0.3 is 10.1 Å². The molecule has 3 nitrogen and oxygen atoms in total. The summed E-state index contributed by atoms with van der Waals surface area (Å²) in [5.74, 6) is 0.348. The van der Waals surface area contributed by atoms with Crippen LogP contribution in [0.2, 0.25) is 5.02 Å². The van der Waals surface area contributed by atoms with Crippen molar-refractivity contribution in [3.8, 4) is 5.75 Å². The molecule has 1 unspecified atom stereocenters. The van der Waals surface area contributed by atoms with Crippen molar-refractivity contribution in [3.05, 3.63) is 29.0 Å². The molecule has 1 amide bonds. The Balaban J connectivity index is 2.30. The SMILES string of the molecule is CC(C)CCCC(C)NC(=O)COc1ccc(F)cc1Cl. The fraction of sp³-hybridized carbons (Fsp3) is 0.562. The first-order chi connectivity index (χ1) is 9.88. The number of carbonyl (C=O) groups is 1. The molecule has 0 aromatic heterocycles. The van der Waals surface area contributed by atoms with Gasteiger partial charge in [-0.1, -0.05) is 38.3 Å². The predicted octanol–water partition coefficient (Wildman–Crippen LogP) is 4.19. The van der Waals surface area contributed by atoms with Crippen LogP contribution in [0, 0.1) is 11.7 Å². The third kappa shape index (κ3) is 7.32. The summed E-state index contributed by atoms with van der Waals surface area (Å²) < 4.78 is 18.2. The molecule has 0 bridgehead atoms. The molecule has 1 N–H and O–H groups in total. The van der Waals surface area contributed by atoms with E-state index < -0.39 is 5.82 Å². The van der Waals surface area contributed by atoms with Gasteiger partial charge in [-0.2, -0.15) is 0 Å². The molecule has 0 saturated heterocycles. The molecule has 0 radical (unpaired) electrons. The Morgan fingerprint density at radius 2 is 2.05 bits per heavy atom. The molecular formula is C16H23ClFNO2. The van der Waals surface area contributed by atoms with Gasteiger partial charge in [0, 0.05) is 6.04 Å². The van der Waals surface area contributed by atoms with Gasteiger partial charge in [0.1, 0.15) is 11.6 Å². The van der Waals surface area contributed by atoms with Gasteiger partial charge in [-0.3, -0.25) is 4.79 Å². The van der Waals surface area contributed by atoms with Crippen LogP contribution in [-0.4, -0.2) is 18.6 Å². The number of benzene rings is 1. The lowest BCUT2D eigenvalue weighted by molar-refractivity contribution is -0.123. The van der Waals surface area contributed by atoms with E-state index in [-0.39, 0.29) is 23.6 Å². The maximum Gasteiger partial charge on any atom is 0.258 e. The molecule has 118 valence electrons. The zero-order valence-corrected chi connectivity index (χ0v) is 13.5. The van der Waals surface area contributed by atoms with Gasteiger partial charge in [0.25, 0.3) is 5.91 Å². The minimum atomic E-state index is -0.435. The van der Waals surface area contributed by atoms with Crippen LogP contribution in [0.25, 0.3) is 0 Å². The lowest BCUT2D eigenvalue weighted by Crippen LogP contribution is -2.36. The molecule has 0 fully saturated rings. The quantitative estimate of drug-likeness (QED) is 0.781. The van der Waals surface area contributed by atoms with E-state index in [0.29, 0.717) is 11.7 Å². The van der Waals surface area contributed by atoms with Crippen molar-refractivity contribution in [3.63, 3.8) is 0 Å². The highest BCUT2D eigenvalue weighted by Crippen LogP contribution is 2.24. The Bertz CT molecular complexity index is 466. The minimum absolute atomic E-state index is 0.114. The number of amides is 1. The number of carbonyl (C=O) groups excluding carboxylic acids is 1. The highest BCUT2D eigenvalue weighted by atomic mass is 35.5. The van der Waals surface area contributed by atoms with Crippen LogP contribution in [0.15, 0.2) is 18.2 Å². The smallest absolute Gasteiger partial charge is 0.258 e. The van der Waals surface area contributed by atoms with Gasteiger partial charge in [-0.25, -0.2) is 4.39 Å². The molecule has 1 atom stereocenters. The molecule has 0 aliphatic carbocycles. The average molecular weight is 316 g/mol. The van der Waals surface area contributed by atoms with E-state index in [1.54, 1.807) is 0 Å². The third-order valence-corrected chi connectivity index (χ3v) is 3.37. The lowest BCUT2D eigenvalue weighted by Gasteiger charge is -2.15. The molecule has 21 heavy (non-hydrogen) atoms. The summed E-state index contributed by atoms with van der Waals surface area (Å²) in [6, 6.07) is 3.93. The Labute approximate surface area is 130 Å². The summed E-state index contributed by atoms with van der Waals surface area (Å²) >= 11 is 5.82. The first-order valence-corrected chi connectivity index (χ1v) is 7.63. The molecule has 0 spiro atoms. The van der Waals surface area contributed by atoms with Crippen LogP contribution in [0.4, 0.5) is 4.39 Å². The standard InChI is InChI=1S/C16H23ClFNO2/c1-11(2)5-4-6-12(3)19-16(20)10-21-15-8-7-13(18)9-14(15)17/h7-9,11-12H,4-6,10H2,1-3H3,(H,19,20). The van der Waals surface area contributed by atoms with Gasteiger partial charge in [-0.05, 0) is 37.5 Å². The van der Waals surface area contributed by atoms with Crippen molar-refractivity contribution >= 4 is 17.5 Å². The number of hydrogen-bond donors (Lipinski definition) is 1. The van der Waals surface area contributed by atoms with Gasteiger partial charge in [-0.15, -0.1) is 0 Å². The Hall–Kier alpha value is -1.29. The monoisotopic (exact) mass is 315 g/mol. The average Bonchev–Trinajstić information content (AvgIpc) is 2.37. The lowest BCUT2D eigenvalue weighted by atomic mass is 10.0. The summed E-state index contributed by atoms with van der Waals surface area (Å²) in [6.07, 6.45) is 3.19. The fourth-order valence-corrected chi connectivity index (χ4v) is 2.18. The van der Waals surface area contributed by atoms with Crippen molar-refractivity contribution in [2.24, 2.45) is 5.92 Å². The highest BCUT2D eigenvalue weighted by molar-refractivity contribution is 6.32. The fourth-order valence-electron chi connectivity index (χ4n) is 1.96. The largest absolute Gasteiger partial charge is 0.482 e. The van der Waals surface area contributed by atoms with E-state index >= 15 is 0 Å². The van der Waals surface area contributed by atoms with Crippen LogP contribution in [-0.2, 0) is 4.79 Å². The second-order valence-corrected chi connectivity index (χ2v) is 6.06. The highest BCUT2D eigenvalue weighted by Gasteiger charge is 2.10. The van der Waals surface area contributed by atoms with Crippen molar-refractivity contribution in [2.75, 3.05) is 6.61 Å². The van der Waals surface area contributed by atoms with Crippen molar-refractivity contribution in [2.45, 2.75) is 46.1 Å². The number of rotatable bonds is 8. The molecule has 1 aromatic carbocycles. The number of nitrogens with one attached hydrogen (secondary N) is 1. The van der Waals surface area contributed by atoms with E-state index in [9.17, 15) is 9.18 Å². The van der Waals surface area contributed by atoms with Crippen LogP contribution in [0.3, 0.4) is 0 Å². The molecule has 1 rings (SSSR count). The first-order valence-electron chi connectivity index (χ1n) is 7.25. The van der Waals surface area contributed by atoms with Crippen molar-refractivity contribution in [1.29, 1.82) is 0 Å². The van der Waals surface area contributed by atoms with Crippen LogP contribution < -0.4 is 10.1 Å². The van der Waals surface area contributed by atoms with Crippen molar-refractivity contribution < 1.29 is 13.9 Å². The molecule has 1 aromatic rings. The summed E-state index contributed by atoms with van der Waals surface area (Å²) in [5, 5.41) is 3.03. The van der Waals surface area contributed by atoms with E-state index in [1.807, 2.05) is 6.92 Å². The zero-order chi connectivity index (χ0) is 15.8. The second kappa shape index (κ2) is 8.88. The molecule has 0 saturated carbocycles. The number of halogens is 2. The van der Waals surface area contributed by atoms with E-state index in [1.165, 1.54) is 12.1 Å². The van der Waals surface area contributed by atoms with E-state index in [0.717, 1.165) is 25.3 Å². The Morgan fingerprint density at radius 3 is 2.67 bits per heavy atom. The predicted molar refractivity (Wildman–Crippen MR) is 83.2 cm³/mol. The summed E-state index contributed by atoms with van der Waals surface area (Å²) in [6.45, 7) is 6.22. The maximum absolute atomic E-state index is 12.9. The Morgan fingerprint density at radius 1 is 1.33 bits per heavy atom. The van der Waals surface area contributed by atoms with Crippen LogP contribution in [0.5, 0.6) is 5.75 Å². The first kappa shape index (κ1) is 17.8. The van der Waals surface area contributed by atoms with E-state index in [4.69, 9.17) is 16.3 Å². The summed E-state index contributed by atoms with van der Waals surface area (Å²) in [4.78, 5) is 11.7. The van der Waals surface area contributed by atoms with Gasteiger partial charge in [0.2, 0.25) is 0 Å².